The largest absolute Gasteiger partial charge is 0.492 e. The number of allylic oxidation sites excluding steroid dienone is 4. The van der Waals surface area contributed by atoms with Gasteiger partial charge in [0.2, 0.25) is 0 Å². The third-order valence-corrected chi connectivity index (χ3v) is 4.26. The Kier molecular flexibility index (Phi) is 9.71. The summed E-state index contributed by atoms with van der Waals surface area (Å²) in [6.07, 6.45) is 6.98. The van der Waals surface area contributed by atoms with Gasteiger partial charge in [-0.2, -0.15) is 0 Å². The van der Waals surface area contributed by atoms with Gasteiger partial charge >= 0.3 is 0 Å². The minimum absolute atomic E-state index is 0.286. The molecule has 0 radical (unpaired) electrons. The van der Waals surface area contributed by atoms with Crippen LogP contribution in [0, 0.1) is 0 Å². The van der Waals surface area contributed by atoms with Gasteiger partial charge in [0.05, 0.1) is 6.04 Å². The van der Waals surface area contributed by atoms with Crippen LogP contribution in [0.3, 0.4) is 0 Å². The number of fused-ring (bicyclic) bond motifs is 1. The van der Waals surface area contributed by atoms with Gasteiger partial charge < -0.3 is 15.0 Å². The van der Waals surface area contributed by atoms with Crippen molar-refractivity contribution < 1.29 is 4.74 Å². The molecule has 1 aromatic carbocycles. The van der Waals surface area contributed by atoms with Crippen molar-refractivity contribution in [1.82, 2.24) is 5.32 Å². The van der Waals surface area contributed by atoms with Crippen LogP contribution in [0.2, 0.25) is 0 Å². The molecule has 138 valence electrons. The van der Waals surface area contributed by atoms with Crippen LogP contribution in [0.1, 0.15) is 33.3 Å². The quantitative estimate of drug-likeness (QED) is 0.547. The Morgan fingerprint density at radius 2 is 2.08 bits per heavy atom. The predicted octanol–water partition coefficient (Wildman–Crippen LogP) is 4.72. The Morgan fingerprint density at radius 3 is 2.72 bits per heavy atom. The van der Waals surface area contributed by atoms with Crippen LogP contribution in [0.25, 0.3) is 0 Å². The Labute approximate surface area is 154 Å². The van der Waals surface area contributed by atoms with Crippen molar-refractivity contribution in [3.63, 3.8) is 0 Å². The first-order valence-corrected chi connectivity index (χ1v) is 9.28. The topological polar surface area (TPSA) is 24.5 Å². The molecular weight excluding hydrogens is 308 g/mol. The molecule has 1 heterocycles. The maximum absolute atomic E-state index is 5.96. The molecule has 3 nitrogen and oxygen atoms in total. The molecule has 0 saturated carbocycles. The summed E-state index contributed by atoms with van der Waals surface area (Å²) in [7, 11) is 2.00. The van der Waals surface area contributed by atoms with E-state index in [1.54, 1.807) is 0 Å². The van der Waals surface area contributed by atoms with Crippen LogP contribution in [-0.2, 0) is 11.2 Å². The third-order valence-electron chi connectivity index (χ3n) is 4.26. The monoisotopic (exact) mass is 342 g/mol. The molecule has 0 amide bonds. The Hall–Kier alpha value is -2.00. The van der Waals surface area contributed by atoms with Gasteiger partial charge in [0, 0.05) is 18.8 Å². The standard InChI is InChI=1S/C20H28N2O.C2H6/c1-5-16(3)13-19(6-2)23-15-18(21-4)14-22-12-11-17-9-7-8-10-20(17)22;1-2/h5-10,13,18,21H,1,11-12,14-15H2,2-4H3;1-2H3/b16-13-,19-6+;. The lowest BCUT2D eigenvalue weighted by Gasteiger charge is -2.26. The summed E-state index contributed by atoms with van der Waals surface area (Å²) in [5.41, 5.74) is 3.91. The zero-order valence-electron chi connectivity index (χ0n) is 16.5. The summed E-state index contributed by atoms with van der Waals surface area (Å²) in [5.74, 6) is 0.893. The lowest BCUT2D eigenvalue weighted by Crippen LogP contribution is -2.41. The van der Waals surface area contributed by atoms with E-state index in [4.69, 9.17) is 4.74 Å². The number of nitrogens with zero attached hydrogens (tertiary/aromatic N) is 1. The van der Waals surface area contributed by atoms with E-state index in [1.165, 1.54) is 11.3 Å². The third kappa shape index (κ3) is 6.43. The number of para-hydroxylation sites is 1. The van der Waals surface area contributed by atoms with Crippen LogP contribution in [-0.4, -0.2) is 32.8 Å². The van der Waals surface area contributed by atoms with Crippen LogP contribution >= 0.6 is 0 Å². The minimum atomic E-state index is 0.286. The molecule has 1 aliphatic heterocycles. The molecule has 1 aromatic rings. The van der Waals surface area contributed by atoms with E-state index in [0.29, 0.717) is 6.61 Å². The maximum Gasteiger partial charge on any atom is 0.115 e. The molecule has 1 aliphatic rings. The van der Waals surface area contributed by atoms with Gasteiger partial charge in [-0.3, -0.25) is 0 Å². The number of nitrogens with one attached hydrogen (secondary N) is 1. The normalized spacial score (nSPS) is 15.2. The molecule has 1 atom stereocenters. The van der Waals surface area contributed by atoms with Crippen molar-refractivity contribution in [3.05, 3.63) is 66.0 Å². The Morgan fingerprint density at radius 1 is 1.36 bits per heavy atom. The predicted molar refractivity (Wildman–Crippen MR) is 110 cm³/mol. The molecule has 0 fully saturated rings. The van der Waals surface area contributed by atoms with E-state index in [9.17, 15) is 0 Å². The zero-order valence-corrected chi connectivity index (χ0v) is 16.5. The van der Waals surface area contributed by atoms with E-state index in [1.807, 2.05) is 53.0 Å². The fraction of sp³-hybridized carbons (Fsp3) is 0.455. The minimum Gasteiger partial charge on any atom is -0.492 e. The van der Waals surface area contributed by atoms with Crippen LogP contribution in [0.15, 0.2) is 60.4 Å². The van der Waals surface area contributed by atoms with Gasteiger partial charge in [-0.05, 0) is 56.7 Å². The highest BCUT2D eigenvalue weighted by molar-refractivity contribution is 5.57. The Balaban J connectivity index is 0.00000151. The summed E-state index contributed by atoms with van der Waals surface area (Å²) in [6.45, 7) is 14.5. The van der Waals surface area contributed by atoms with E-state index in [2.05, 4.69) is 41.1 Å². The second kappa shape index (κ2) is 11.5. The van der Waals surface area contributed by atoms with Crippen molar-refractivity contribution in [1.29, 1.82) is 0 Å². The highest BCUT2D eigenvalue weighted by atomic mass is 16.5. The average molecular weight is 343 g/mol. The molecule has 0 spiro atoms. The summed E-state index contributed by atoms with van der Waals surface area (Å²) >= 11 is 0. The molecule has 2 rings (SSSR count). The smallest absolute Gasteiger partial charge is 0.115 e. The molecular formula is C22H34N2O. The first-order valence-electron chi connectivity index (χ1n) is 9.28. The molecule has 0 saturated heterocycles. The second-order valence-corrected chi connectivity index (χ2v) is 5.90. The number of likely N-dealkylation sites (N-methyl/N-ethyl adjacent to an activating group) is 1. The number of hydrogen-bond donors (Lipinski definition) is 1. The van der Waals surface area contributed by atoms with Crippen LogP contribution in [0.5, 0.6) is 0 Å². The molecule has 0 aromatic heterocycles. The van der Waals surface area contributed by atoms with Crippen LogP contribution in [0.4, 0.5) is 5.69 Å². The van der Waals surface area contributed by atoms with Gasteiger partial charge in [0.25, 0.3) is 0 Å². The Bertz CT molecular complexity index is 589. The molecule has 0 aliphatic carbocycles. The molecule has 3 heteroatoms. The maximum atomic E-state index is 5.96. The van der Waals surface area contributed by atoms with Crippen molar-refractivity contribution in [3.8, 4) is 0 Å². The number of rotatable bonds is 8. The van der Waals surface area contributed by atoms with Gasteiger partial charge in [-0.25, -0.2) is 0 Å². The summed E-state index contributed by atoms with van der Waals surface area (Å²) in [6, 6.07) is 8.95. The lowest BCUT2D eigenvalue weighted by molar-refractivity contribution is 0.193. The number of anilines is 1. The van der Waals surface area contributed by atoms with Gasteiger partial charge in [-0.1, -0.05) is 44.7 Å². The van der Waals surface area contributed by atoms with E-state index in [0.717, 1.165) is 30.8 Å². The summed E-state index contributed by atoms with van der Waals surface area (Å²) < 4.78 is 5.96. The van der Waals surface area contributed by atoms with Crippen molar-refractivity contribution in [2.75, 3.05) is 31.6 Å². The highest BCUT2D eigenvalue weighted by Crippen LogP contribution is 2.27. The fourth-order valence-electron chi connectivity index (χ4n) is 2.78. The van der Waals surface area contributed by atoms with E-state index in [-0.39, 0.29) is 6.04 Å². The van der Waals surface area contributed by atoms with E-state index >= 15 is 0 Å². The number of ether oxygens (including phenoxy) is 1. The zero-order chi connectivity index (χ0) is 18.7. The van der Waals surface area contributed by atoms with Gasteiger partial charge in [-0.15, -0.1) is 0 Å². The van der Waals surface area contributed by atoms with Crippen molar-refractivity contribution >= 4 is 5.69 Å². The summed E-state index contributed by atoms with van der Waals surface area (Å²) in [5, 5.41) is 3.37. The highest BCUT2D eigenvalue weighted by Gasteiger charge is 2.21. The molecule has 1 N–H and O–H groups in total. The van der Waals surface area contributed by atoms with Crippen molar-refractivity contribution in [2.45, 2.75) is 40.2 Å². The fourth-order valence-corrected chi connectivity index (χ4v) is 2.78. The number of benzene rings is 1. The average Bonchev–Trinajstić information content (AvgIpc) is 3.08. The second-order valence-electron chi connectivity index (χ2n) is 5.90. The summed E-state index contributed by atoms with van der Waals surface area (Å²) in [4.78, 5) is 2.44. The SMILES string of the molecule is C=C/C(C)=C\C(=C/C)OCC(CN1CCc2ccccc21)NC.CC. The first kappa shape index (κ1) is 21.0. The number of hydrogen-bond acceptors (Lipinski definition) is 3. The van der Waals surface area contributed by atoms with Crippen LogP contribution < -0.4 is 10.2 Å². The van der Waals surface area contributed by atoms with Crippen molar-refractivity contribution in [2.24, 2.45) is 0 Å². The van der Waals surface area contributed by atoms with Gasteiger partial charge in [0.15, 0.2) is 0 Å². The van der Waals surface area contributed by atoms with Gasteiger partial charge in [0.1, 0.15) is 12.4 Å². The molecule has 1 unspecified atom stereocenters. The molecule has 0 bridgehead atoms. The first-order chi connectivity index (χ1) is 12.2. The molecule has 25 heavy (non-hydrogen) atoms. The van der Waals surface area contributed by atoms with E-state index < -0.39 is 0 Å². The lowest BCUT2D eigenvalue weighted by atomic mass is 10.2.